The highest BCUT2D eigenvalue weighted by Crippen LogP contribution is 2.18. The molecule has 0 radical (unpaired) electrons. The zero-order valence-corrected chi connectivity index (χ0v) is 12.5. The number of amides is 2. The standard InChI is InChI=1S/C16H22F2N2O2/c17-12-7-8-15(14(18)11-12)22-10-9-19-16(21)20-13-5-3-1-2-4-6-13/h7-8,11,13H,1-6,9-10H2,(H2,19,20,21). The second-order valence-corrected chi connectivity index (χ2v) is 5.51. The van der Waals surface area contributed by atoms with Crippen molar-refractivity contribution in [1.82, 2.24) is 10.6 Å². The third-order valence-corrected chi connectivity index (χ3v) is 3.73. The highest BCUT2D eigenvalue weighted by molar-refractivity contribution is 5.74. The number of hydrogen-bond donors (Lipinski definition) is 2. The van der Waals surface area contributed by atoms with Crippen LogP contribution in [0.15, 0.2) is 18.2 Å². The molecule has 0 aromatic heterocycles. The maximum atomic E-state index is 13.3. The lowest BCUT2D eigenvalue weighted by molar-refractivity contribution is 0.230. The van der Waals surface area contributed by atoms with E-state index in [9.17, 15) is 13.6 Å². The molecule has 0 atom stereocenters. The second kappa shape index (κ2) is 8.56. The number of halogens is 2. The molecule has 0 saturated heterocycles. The lowest BCUT2D eigenvalue weighted by Gasteiger charge is -2.16. The van der Waals surface area contributed by atoms with Gasteiger partial charge in [-0.05, 0) is 25.0 Å². The van der Waals surface area contributed by atoms with E-state index < -0.39 is 11.6 Å². The minimum absolute atomic E-state index is 0.0209. The van der Waals surface area contributed by atoms with Gasteiger partial charge in [0.05, 0.1) is 6.54 Å². The molecule has 1 fully saturated rings. The Hall–Kier alpha value is -1.85. The molecule has 2 N–H and O–H groups in total. The van der Waals surface area contributed by atoms with Gasteiger partial charge in [-0.2, -0.15) is 0 Å². The van der Waals surface area contributed by atoms with Crippen LogP contribution in [0.3, 0.4) is 0 Å². The third kappa shape index (κ3) is 5.50. The predicted molar refractivity (Wildman–Crippen MR) is 79.9 cm³/mol. The fraction of sp³-hybridized carbons (Fsp3) is 0.562. The maximum Gasteiger partial charge on any atom is 0.315 e. The number of ether oxygens (including phenoxy) is 1. The summed E-state index contributed by atoms with van der Waals surface area (Å²) >= 11 is 0. The Morgan fingerprint density at radius 3 is 2.59 bits per heavy atom. The van der Waals surface area contributed by atoms with Gasteiger partial charge in [0.2, 0.25) is 0 Å². The van der Waals surface area contributed by atoms with Gasteiger partial charge in [0.1, 0.15) is 12.4 Å². The summed E-state index contributed by atoms with van der Waals surface area (Å²) in [6.45, 7) is 0.385. The number of carbonyl (C=O) groups excluding carboxylic acids is 1. The SMILES string of the molecule is O=C(NCCOc1ccc(F)cc1F)NC1CCCCCC1. The van der Waals surface area contributed by atoms with Gasteiger partial charge in [-0.25, -0.2) is 13.6 Å². The van der Waals surface area contributed by atoms with Crippen LogP contribution in [0.1, 0.15) is 38.5 Å². The van der Waals surface area contributed by atoms with Crippen LogP contribution in [-0.4, -0.2) is 25.2 Å². The van der Waals surface area contributed by atoms with E-state index in [-0.39, 0.29) is 31.0 Å². The summed E-state index contributed by atoms with van der Waals surface area (Å²) in [5, 5.41) is 5.63. The highest BCUT2D eigenvalue weighted by Gasteiger charge is 2.14. The summed E-state index contributed by atoms with van der Waals surface area (Å²) in [5.74, 6) is -1.42. The molecule has 122 valence electrons. The first kappa shape index (κ1) is 16.5. The Morgan fingerprint density at radius 2 is 1.91 bits per heavy atom. The first-order chi connectivity index (χ1) is 10.6. The largest absolute Gasteiger partial charge is 0.489 e. The second-order valence-electron chi connectivity index (χ2n) is 5.51. The van der Waals surface area contributed by atoms with Crippen LogP contribution in [0.5, 0.6) is 5.75 Å². The quantitative estimate of drug-likeness (QED) is 0.647. The monoisotopic (exact) mass is 312 g/mol. The molecule has 1 aromatic carbocycles. The molecule has 6 heteroatoms. The fourth-order valence-corrected chi connectivity index (χ4v) is 2.58. The molecule has 2 amide bonds. The molecule has 1 aliphatic rings. The van der Waals surface area contributed by atoms with Crippen LogP contribution < -0.4 is 15.4 Å². The van der Waals surface area contributed by atoms with Gasteiger partial charge in [-0.15, -0.1) is 0 Å². The van der Waals surface area contributed by atoms with E-state index in [1.54, 1.807) is 0 Å². The Labute approximate surface area is 129 Å². The number of benzene rings is 1. The van der Waals surface area contributed by atoms with Crippen molar-refractivity contribution < 1.29 is 18.3 Å². The average molecular weight is 312 g/mol. The van der Waals surface area contributed by atoms with Crippen molar-refractivity contribution >= 4 is 6.03 Å². The lowest BCUT2D eigenvalue weighted by atomic mass is 10.1. The molecule has 0 bridgehead atoms. The van der Waals surface area contributed by atoms with Gasteiger partial charge in [0.15, 0.2) is 11.6 Å². The molecule has 0 aliphatic heterocycles. The maximum absolute atomic E-state index is 13.3. The van der Waals surface area contributed by atoms with Crippen molar-refractivity contribution in [1.29, 1.82) is 0 Å². The third-order valence-electron chi connectivity index (χ3n) is 3.73. The molecule has 22 heavy (non-hydrogen) atoms. The molecule has 1 aromatic rings. The molecule has 1 saturated carbocycles. The summed E-state index contributed by atoms with van der Waals surface area (Å²) in [6.07, 6.45) is 6.80. The van der Waals surface area contributed by atoms with Crippen molar-refractivity contribution in [2.24, 2.45) is 0 Å². The number of carbonyl (C=O) groups is 1. The van der Waals surface area contributed by atoms with Crippen LogP contribution in [0.25, 0.3) is 0 Å². The van der Waals surface area contributed by atoms with E-state index >= 15 is 0 Å². The number of hydrogen-bond acceptors (Lipinski definition) is 2. The smallest absolute Gasteiger partial charge is 0.315 e. The van der Waals surface area contributed by atoms with Crippen molar-refractivity contribution in [2.75, 3.05) is 13.2 Å². The topological polar surface area (TPSA) is 50.4 Å². The van der Waals surface area contributed by atoms with Gasteiger partial charge in [0.25, 0.3) is 0 Å². The van der Waals surface area contributed by atoms with Crippen LogP contribution in [0, 0.1) is 11.6 Å². The van der Waals surface area contributed by atoms with Crippen molar-refractivity contribution in [3.63, 3.8) is 0 Å². The zero-order valence-electron chi connectivity index (χ0n) is 12.5. The van der Waals surface area contributed by atoms with Crippen molar-refractivity contribution in [3.8, 4) is 5.75 Å². The zero-order chi connectivity index (χ0) is 15.8. The van der Waals surface area contributed by atoms with E-state index in [0.717, 1.165) is 37.8 Å². The average Bonchev–Trinajstić information content (AvgIpc) is 2.74. The van der Waals surface area contributed by atoms with E-state index in [1.807, 2.05) is 0 Å². The molecule has 0 heterocycles. The van der Waals surface area contributed by atoms with Crippen LogP contribution in [0.2, 0.25) is 0 Å². The molecule has 0 unspecified atom stereocenters. The first-order valence-electron chi connectivity index (χ1n) is 7.77. The summed E-state index contributed by atoms with van der Waals surface area (Å²) in [5.41, 5.74) is 0. The van der Waals surface area contributed by atoms with Crippen molar-refractivity contribution in [2.45, 2.75) is 44.6 Å². The summed E-state index contributed by atoms with van der Waals surface area (Å²) in [7, 11) is 0. The van der Waals surface area contributed by atoms with Crippen molar-refractivity contribution in [3.05, 3.63) is 29.8 Å². The minimum atomic E-state index is -0.747. The molecule has 2 rings (SSSR count). The van der Waals surface area contributed by atoms with Gasteiger partial charge in [-0.1, -0.05) is 25.7 Å². The van der Waals surface area contributed by atoms with Crippen LogP contribution >= 0.6 is 0 Å². The summed E-state index contributed by atoms with van der Waals surface area (Å²) in [4.78, 5) is 11.7. The number of rotatable bonds is 5. The lowest BCUT2D eigenvalue weighted by Crippen LogP contribution is -2.43. The Morgan fingerprint density at radius 1 is 1.18 bits per heavy atom. The Bertz CT molecular complexity index is 489. The summed E-state index contributed by atoms with van der Waals surface area (Å²) < 4.78 is 31.2. The first-order valence-corrected chi connectivity index (χ1v) is 7.77. The highest BCUT2D eigenvalue weighted by atomic mass is 19.1. The minimum Gasteiger partial charge on any atom is -0.489 e. The fourth-order valence-electron chi connectivity index (χ4n) is 2.58. The Kier molecular flexibility index (Phi) is 6.43. The molecule has 1 aliphatic carbocycles. The number of urea groups is 1. The van der Waals surface area contributed by atoms with Gasteiger partial charge >= 0.3 is 6.03 Å². The van der Waals surface area contributed by atoms with E-state index in [1.165, 1.54) is 18.9 Å². The van der Waals surface area contributed by atoms with E-state index in [4.69, 9.17) is 4.74 Å². The Balaban J connectivity index is 1.64. The van der Waals surface area contributed by atoms with Gasteiger partial charge in [-0.3, -0.25) is 0 Å². The number of nitrogens with one attached hydrogen (secondary N) is 2. The summed E-state index contributed by atoms with van der Waals surface area (Å²) in [6, 6.07) is 3.13. The predicted octanol–water partition coefficient (Wildman–Crippen LogP) is 3.37. The van der Waals surface area contributed by atoms with Gasteiger partial charge in [0, 0.05) is 12.1 Å². The molecular formula is C16H22F2N2O2. The van der Waals surface area contributed by atoms with Crippen LogP contribution in [0.4, 0.5) is 13.6 Å². The molecule has 0 spiro atoms. The molecule has 4 nitrogen and oxygen atoms in total. The van der Waals surface area contributed by atoms with Crippen LogP contribution in [-0.2, 0) is 0 Å². The van der Waals surface area contributed by atoms with E-state index in [2.05, 4.69) is 10.6 Å². The molecular weight excluding hydrogens is 290 g/mol. The van der Waals surface area contributed by atoms with E-state index in [0.29, 0.717) is 0 Å². The van der Waals surface area contributed by atoms with Gasteiger partial charge < -0.3 is 15.4 Å². The normalized spacial score (nSPS) is 15.9.